The molecule has 3 aliphatic rings. The van der Waals surface area contributed by atoms with Gasteiger partial charge in [0.2, 0.25) is 10.0 Å². The first-order valence-electron chi connectivity index (χ1n) is 13.8. The lowest BCUT2D eigenvalue weighted by molar-refractivity contribution is -0.0508. The van der Waals surface area contributed by atoms with Crippen LogP contribution < -0.4 is 5.43 Å². The molecule has 3 aliphatic heterocycles. The van der Waals surface area contributed by atoms with Crippen LogP contribution in [-0.4, -0.2) is 92.4 Å². The Hall–Kier alpha value is -2.07. The Balaban J connectivity index is 1.42. The average Bonchev–Trinajstić information content (AvgIpc) is 3.28. The fraction of sp³-hybridized carbons (Fsp3) is 0.533. The number of hydrogen-bond donors (Lipinski definition) is 1. The van der Waals surface area contributed by atoms with Crippen LogP contribution in [0.25, 0.3) is 11.1 Å². The predicted octanol–water partition coefficient (Wildman–Crippen LogP) is 3.55. The topological polar surface area (TPSA) is 65.1 Å². The highest BCUT2D eigenvalue weighted by atomic mass is 32.2. The fourth-order valence-corrected chi connectivity index (χ4v) is 8.58. The number of methoxy groups -OCH3 is 1. The third-order valence-electron chi connectivity index (χ3n) is 9.02. The van der Waals surface area contributed by atoms with Gasteiger partial charge < -0.3 is 4.74 Å². The summed E-state index contributed by atoms with van der Waals surface area (Å²) < 4.78 is 35.2. The molecule has 5 atom stereocenters. The number of hydrogen-bond acceptors (Lipinski definition) is 6. The van der Waals surface area contributed by atoms with Crippen molar-refractivity contribution in [2.45, 2.75) is 57.0 Å². The van der Waals surface area contributed by atoms with Gasteiger partial charge in [-0.25, -0.2) is 13.4 Å². The molecule has 1 N–H and O–H groups in total. The molecule has 0 saturated carbocycles. The van der Waals surface area contributed by atoms with E-state index in [4.69, 9.17) is 4.74 Å². The lowest BCUT2D eigenvalue weighted by Crippen LogP contribution is -2.68. The number of rotatable bonds is 7. The number of nitrogens with one attached hydrogen (secondary N) is 1. The van der Waals surface area contributed by atoms with Crippen LogP contribution in [0, 0.1) is 13.8 Å². The van der Waals surface area contributed by atoms with Crippen LogP contribution >= 0.6 is 0 Å². The first kappa shape index (κ1) is 27.5. The van der Waals surface area contributed by atoms with Crippen LogP contribution in [0.15, 0.2) is 54.6 Å². The summed E-state index contributed by atoms with van der Waals surface area (Å²) in [5.74, 6) is 0.207. The number of nitrogens with zero attached hydrogens (tertiary/aromatic N) is 3. The maximum Gasteiger partial charge on any atom is 0.220 e. The second-order valence-corrected chi connectivity index (χ2v) is 13.1. The van der Waals surface area contributed by atoms with Gasteiger partial charge in [-0.15, -0.1) is 0 Å². The van der Waals surface area contributed by atoms with Crippen LogP contribution in [0.3, 0.4) is 0 Å². The van der Waals surface area contributed by atoms with Crippen molar-refractivity contribution < 1.29 is 13.2 Å². The summed E-state index contributed by atoms with van der Waals surface area (Å²) in [7, 11) is -1.73. The largest absolute Gasteiger partial charge is 0.383 e. The average molecular weight is 539 g/mol. The molecule has 0 aromatic heterocycles. The normalized spacial score (nSPS) is 29.9. The van der Waals surface area contributed by atoms with Gasteiger partial charge in [0.15, 0.2) is 0 Å². The van der Waals surface area contributed by atoms with E-state index in [0.717, 1.165) is 13.1 Å². The first-order valence-corrected chi connectivity index (χ1v) is 15.3. The van der Waals surface area contributed by atoms with Crippen molar-refractivity contribution in [1.82, 2.24) is 19.6 Å². The minimum absolute atomic E-state index is 0.0634. The van der Waals surface area contributed by atoms with Crippen molar-refractivity contribution in [3.63, 3.8) is 0 Å². The second kappa shape index (κ2) is 11.2. The van der Waals surface area contributed by atoms with E-state index in [9.17, 15) is 8.42 Å². The molecule has 5 rings (SSSR count). The van der Waals surface area contributed by atoms with Gasteiger partial charge in [-0.2, -0.15) is 4.31 Å². The highest BCUT2D eigenvalue weighted by Crippen LogP contribution is 2.43. The molecule has 3 heterocycles. The lowest BCUT2D eigenvalue weighted by atomic mass is 9.74. The Morgan fingerprint density at radius 3 is 2.47 bits per heavy atom. The second-order valence-electron chi connectivity index (χ2n) is 10.9. The minimum atomic E-state index is -3.48. The highest BCUT2D eigenvalue weighted by molar-refractivity contribution is 7.89. The summed E-state index contributed by atoms with van der Waals surface area (Å²) >= 11 is 0. The van der Waals surface area contributed by atoms with E-state index in [-0.39, 0.29) is 24.0 Å². The van der Waals surface area contributed by atoms with Crippen molar-refractivity contribution in [3.05, 3.63) is 71.3 Å². The zero-order valence-electron chi connectivity index (χ0n) is 23.3. The van der Waals surface area contributed by atoms with Crippen LogP contribution in [0.5, 0.6) is 0 Å². The summed E-state index contributed by atoms with van der Waals surface area (Å²) in [5, 5.41) is 1.58. The molecule has 2 saturated heterocycles. The number of hydrazine groups is 1. The molecule has 3 unspecified atom stereocenters. The zero-order chi connectivity index (χ0) is 27.0. The molecular formula is C30H42N4O3S. The summed E-state index contributed by atoms with van der Waals surface area (Å²) in [4.78, 5) is 2.42. The van der Waals surface area contributed by atoms with E-state index in [1.165, 1.54) is 27.8 Å². The van der Waals surface area contributed by atoms with Gasteiger partial charge in [-0.3, -0.25) is 10.3 Å². The molecular weight excluding hydrogens is 496 g/mol. The summed E-state index contributed by atoms with van der Waals surface area (Å²) in [6, 6.07) is 15.6. The van der Waals surface area contributed by atoms with Crippen molar-refractivity contribution in [3.8, 4) is 11.1 Å². The third-order valence-corrected chi connectivity index (χ3v) is 11.4. The van der Waals surface area contributed by atoms with Gasteiger partial charge in [-0.05, 0) is 48.6 Å². The van der Waals surface area contributed by atoms with Gasteiger partial charge in [0.25, 0.3) is 0 Å². The van der Waals surface area contributed by atoms with Gasteiger partial charge in [0.05, 0.1) is 6.61 Å². The van der Waals surface area contributed by atoms with Crippen LogP contribution in [0.4, 0.5) is 0 Å². The smallest absolute Gasteiger partial charge is 0.220 e. The molecule has 8 heteroatoms. The van der Waals surface area contributed by atoms with Gasteiger partial charge in [0, 0.05) is 63.9 Å². The van der Waals surface area contributed by atoms with Gasteiger partial charge in [0.1, 0.15) is 5.25 Å². The fourth-order valence-electron chi connectivity index (χ4n) is 6.61. The quantitative estimate of drug-likeness (QED) is 0.544. The van der Waals surface area contributed by atoms with Crippen LogP contribution in [-0.2, 0) is 14.8 Å². The number of benzene rings is 2. The molecule has 2 aromatic rings. The van der Waals surface area contributed by atoms with E-state index >= 15 is 0 Å². The zero-order valence-corrected chi connectivity index (χ0v) is 24.1. The summed E-state index contributed by atoms with van der Waals surface area (Å²) in [5.41, 5.74) is 9.59. The van der Waals surface area contributed by atoms with E-state index < -0.39 is 15.3 Å². The maximum atomic E-state index is 13.9. The minimum Gasteiger partial charge on any atom is -0.383 e. The number of sulfonamides is 1. The van der Waals surface area contributed by atoms with Crippen LogP contribution in [0.1, 0.15) is 36.5 Å². The molecule has 206 valence electrons. The summed E-state index contributed by atoms with van der Waals surface area (Å²) in [6.07, 6.45) is 4.13. The predicted molar refractivity (Wildman–Crippen MR) is 154 cm³/mol. The number of ether oxygens (including phenoxy) is 1. The molecule has 0 amide bonds. The van der Waals surface area contributed by atoms with Crippen molar-refractivity contribution in [2.75, 3.05) is 46.4 Å². The Kier molecular flexibility index (Phi) is 8.10. The van der Waals surface area contributed by atoms with Gasteiger partial charge >= 0.3 is 0 Å². The molecule has 2 aromatic carbocycles. The first-order chi connectivity index (χ1) is 18.3. The Morgan fingerprint density at radius 1 is 1.05 bits per heavy atom. The molecule has 38 heavy (non-hydrogen) atoms. The van der Waals surface area contributed by atoms with Crippen molar-refractivity contribution in [2.24, 2.45) is 0 Å². The molecule has 0 spiro atoms. The molecule has 0 aliphatic carbocycles. The maximum absolute atomic E-state index is 13.9. The Morgan fingerprint density at radius 2 is 1.79 bits per heavy atom. The SMILES string of the molecule is CCN1NCC(S(=O)(=O)N2C/C=C\CN3C(COC)[C@@H](c4ccc(-c5cccc(C)c5C)cc4)[C@@H]3C2)C1C. The van der Waals surface area contributed by atoms with E-state index in [2.05, 4.69) is 79.6 Å². The molecule has 7 nitrogen and oxygen atoms in total. The van der Waals surface area contributed by atoms with Crippen LogP contribution in [0.2, 0.25) is 0 Å². The van der Waals surface area contributed by atoms with Crippen molar-refractivity contribution >= 4 is 10.0 Å². The van der Waals surface area contributed by atoms with E-state index in [1.54, 1.807) is 11.4 Å². The third kappa shape index (κ3) is 4.87. The van der Waals surface area contributed by atoms with E-state index in [0.29, 0.717) is 26.2 Å². The molecule has 2 fully saturated rings. The molecule has 0 bridgehead atoms. The van der Waals surface area contributed by atoms with Gasteiger partial charge in [-0.1, -0.05) is 61.5 Å². The molecule has 0 radical (unpaired) electrons. The Labute approximate surface area is 228 Å². The highest BCUT2D eigenvalue weighted by Gasteiger charge is 2.51. The number of aryl methyl sites for hydroxylation is 1. The standard InChI is InChI=1S/C30H42N4O3S/c1-6-34-23(4)29(18-31-34)38(35,36)32-16-7-8-17-33-27(19-32)30(28(33)20-37-5)25-14-12-24(13-15-25)26-11-9-10-21(2)22(26)3/h7-15,23,27-31H,6,16-20H2,1-5H3/b8-7-/t23?,27-,28?,29?,30-/m0/s1. The van der Waals surface area contributed by atoms with Crippen molar-refractivity contribution in [1.29, 1.82) is 0 Å². The number of fused-ring (bicyclic) bond motifs is 1. The summed E-state index contributed by atoms with van der Waals surface area (Å²) in [6.45, 7) is 12.0. The monoisotopic (exact) mass is 538 g/mol. The lowest BCUT2D eigenvalue weighted by Gasteiger charge is -2.56. The Bertz CT molecular complexity index is 1260. The van der Waals surface area contributed by atoms with E-state index in [1.807, 2.05) is 18.0 Å².